The first-order valence-corrected chi connectivity index (χ1v) is 9.37. The summed E-state index contributed by atoms with van der Waals surface area (Å²) in [5, 5.41) is 2.89. The highest BCUT2D eigenvalue weighted by Gasteiger charge is 2.15. The number of ether oxygens (including phenoxy) is 2. The lowest BCUT2D eigenvalue weighted by molar-refractivity contribution is -0.117. The third-order valence-corrected chi connectivity index (χ3v) is 4.93. The number of fused-ring (bicyclic) bond motifs is 1. The summed E-state index contributed by atoms with van der Waals surface area (Å²) in [6.45, 7) is 1.07. The zero-order valence-corrected chi connectivity index (χ0v) is 15.8. The zero-order chi connectivity index (χ0) is 19.2. The van der Waals surface area contributed by atoms with Crippen molar-refractivity contribution in [1.29, 1.82) is 0 Å². The molecule has 2 aromatic carbocycles. The fraction of sp³-hybridized carbons (Fsp3) is 0.263. The summed E-state index contributed by atoms with van der Waals surface area (Å²) in [5.74, 6) is 1.10. The van der Waals surface area contributed by atoms with E-state index in [1.165, 1.54) is 11.8 Å². The molecule has 1 heterocycles. The van der Waals surface area contributed by atoms with Gasteiger partial charge in [0.1, 0.15) is 0 Å². The average molecular weight is 387 g/mol. The Morgan fingerprint density at radius 2 is 1.96 bits per heavy atom. The van der Waals surface area contributed by atoms with Crippen LogP contribution < -0.4 is 20.5 Å². The Morgan fingerprint density at radius 1 is 1.19 bits per heavy atom. The van der Waals surface area contributed by atoms with Crippen molar-refractivity contribution < 1.29 is 19.1 Å². The second-order valence-corrected chi connectivity index (χ2v) is 7.18. The minimum Gasteiger partial charge on any atom is -0.454 e. The molecule has 3 rings (SSSR count). The summed E-state index contributed by atoms with van der Waals surface area (Å²) in [5.41, 5.74) is 6.90. The molecule has 1 aliphatic heterocycles. The quantitative estimate of drug-likeness (QED) is 0.674. The molecule has 3 N–H and O–H groups in total. The van der Waals surface area contributed by atoms with E-state index in [0.29, 0.717) is 12.2 Å². The van der Waals surface area contributed by atoms with Crippen LogP contribution in [0.5, 0.6) is 11.5 Å². The fourth-order valence-corrected chi connectivity index (χ4v) is 3.43. The Labute approximate surface area is 161 Å². The van der Waals surface area contributed by atoms with Crippen LogP contribution in [0.1, 0.15) is 5.56 Å². The Kier molecular flexibility index (Phi) is 6.20. The Balaban J connectivity index is 1.55. The van der Waals surface area contributed by atoms with Crippen molar-refractivity contribution >= 4 is 29.3 Å². The molecule has 142 valence electrons. The third-order valence-electron chi connectivity index (χ3n) is 3.83. The first-order valence-electron chi connectivity index (χ1n) is 8.38. The van der Waals surface area contributed by atoms with E-state index < -0.39 is 5.91 Å². The molecule has 0 aromatic heterocycles. The van der Waals surface area contributed by atoms with Crippen LogP contribution in [0.2, 0.25) is 0 Å². The SMILES string of the molecule is CN(CC(=O)Nc1ccccc1SCC(N)=O)Cc1ccc2c(c1)OCO2. The van der Waals surface area contributed by atoms with Crippen LogP contribution in [0, 0.1) is 0 Å². The number of anilines is 1. The minimum absolute atomic E-state index is 0.134. The predicted octanol–water partition coefficient (Wildman–Crippen LogP) is 2.06. The Hall–Kier alpha value is -2.71. The predicted molar refractivity (Wildman–Crippen MR) is 104 cm³/mol. The number of benzene rings is 2. The minimum atomic E-state index is -0.399. The molecule has 0 atom stereocenters. The first kappa shape index (κ1) is 19.1. The smallest absolute Gasteiger partial charge is 0.238 e. The number of likely N-dealkylation sites (N-methyl/N-ethyl adjacent to an activating group) is 1. The Bertz CT molecular complexity index is 843. The maximum absolute atomic E-state index is 12.4. The van der Waals surface area contributed by atoms with Crippen molar-refractivity contribution in [3.63, 3.8) is 0 Å². The van der Waals surface area contributed by atoms with Crippen molar-refractivity contribution in [1.82, 2.24) is 4.90 Å². The van der Waals surface area contributed by atoms with Gasteiger partial charge in [-0.05, 0) is 36.9 Å². The van der Waals surface area contributed by atoms with Crippen LogP contribution in [0.4, 0.5) is 5.69 Å². The molecule has 2 amide bonds. The van der Waals surface area contributed by atoms with Gasteiger partial charge in [-0.3, -0.25) is 14.5 Å². The molecule has 0 radical (unpaired) electrons. The summed E-state index contributed by atoms with van der Waals surface area (Å²) in [6.07, 6.45) is 0. The van der Waals surface area contributed by atoms with E-state index in [1.807, 2.05) is 48.3 Å². The second kappa shape index (κ2) is 8.79. The van der Waals surface area contributed by atoms with E-state index in [-0.39, 0.29) is 25.0 Å². The van der Waals surface area contributed by atoms with Crippen LogP contribution >= 0.6 is 11.8 Å². The maximum Gasteiger partial charge on any atom is 0.238 e. The van der Waals surface area contributed by atoms with Crippen LogP contribution in [0.25, 0.3) is 0 Å². The monoisotopic (exact) mass is 387 g/mol. The number of rotatable bonds is 8. The van der Waals surface area contributed by atoms with E-state index >= 15 is 0 Å². The van der Waals surface area contributed by atoms with Gasteiger partial charge in [0.25, 0.3) is 0 Å². The van der Waals surface area contributed by atoms with Gasteiger partial charge in [-0.15, -0.1) is 11.8 Å². The number of nitrogens with one attached hydrogen (secondary N) is 1. The molecule has 8 heteroatoms. The number of hydrogen-bond acceptors (Lipinski definition) is 6. The van der Waals surface area contributed by atoms with E-state index in [9.17, 15) is 9.59 Å². The van der Waals surface area contributed by atoms with Crippen LogP contribution in [0.3, 0.4) is 0 Å². The third kappa shape index (κ3) is 5.38. The van der Waals surface area contributed by atoms with E-state index in [4.69, 9.17) is 15.2 Å². The lowest BCUT2D eigenvalue weighted by Gasteiger charge is -2.17. The van der Waals surface area contributed by atoms with Crippen molar-refractivity contribution in [2.45, 2.75) is 11.4 Å². The van der Waals surface area contributed by atoms with Gasteiger partial charge in [0, 0.05) is 11.4 Å². The van der Waals surface area contributed by atoms with Gasteiger partial charge >= 0.3 is 0 Å². The Morgan fingerprint density at radius 3 is 2.78 bits per heavy atom. The van der Waals surface area contributed by atoms with E-state index in [0.717, 1.165) is 22.0 Å². The lowest BCUT2D eigenvalue weighted by Crippen LogP contribution is -2.30. The normalized spacial score (nSPS) is 12.2. The molecule has 7 nitrogen and oxygen atoms in total. The second-order valence-electron chi connectivity index (χ2n) is 6.16. The van der Waals surface area contributed by atoms with Gasteiger partial charge in [-0.2, -0.15) is 0 Å². The highest BCUT2D eigenvalue weighted by molar-refractivity contribution is 8.00. The molecule has 1 aliphatic rings. The number of nitrogens with zero attached hydrogens (tertiary/aromatic N) is 1. The van der Waals surface area contributed by atoms with Crippen LogP contribution in [0.15, 0.2) is 47.4 Å². The molecule has 0 bridgehead atoms. The van der Waals surface area contributed by atoms with Crippen molar-refractivity contribution in [2.75, 3.05) is 31.5 Å². The van der Waals surface area contributed by atoms with Gasteiger partial charge in [-0.1, -0.05) is 18.2 Å². The average Bonchev–Trinajstić information content (AvgIpc) is 3.08. The van der Waals surface area contributed by atoms with Gasteiger partial charge in [0.2, 0.25) is 18.6 Å². The standard InChI is InChI=1S/C19H21N3O4S/c1-22(9-13-6-7-15-16(8-13)26-12-25-15)10-19(24)21-14-4-2-3-5-17(14)27-11-18(20)23/h2-8H,9-12H2,1H3,(H2,20,23)(H,21,24). The number of nitrogens with two attached hydrogens (primary N) is 1. The molecule has 0 spiro atoms. The molecule has 0 fully saturated rings. The first-order chi connectivity index (χ1) is 13.0. The van der Waals surface area contributed by atoms with E-state index in [1.54, 1.807) is 6.07 Å². The zero-order valence-electron chi connectivity index (χ0n) is 14.9. The van der Waals surface area contributed by atoms with Crippen molar-refractivity contribution in [3.05, 3.63) is 48.0 Å². The van der Waals surface area contributed by atoms with Gasteiger partial charge < -0.3 is 20.5 Å². The summed E-state index contributed by atoms with van der Waals surface area (Å²) in [6, 6.07) is 13.1. The highest BCUT2D eigenvalue weighted by atomic mass is 32.2. The topological polar surface area (TPSA) is 93.9 Å². The largest absolute Gasteiger partial charge is 0.454 e. The number of para-hydroxylation sites is 1. The summed E-state index contributed by atoms with van der Waals surface area (Å²) in [7, 11) is 1.87. The molecule has 2 aromatic rings. The number of primary amides is 1. The van der Waals surface area contributed by atoms with Crippen molar-refractivity contribution in [3.8, 4) is 11.5 Å². The van der Waals surface area contributed by atoms with Gasteiger partial charge in [0.15, 0.2) is 11.5 Å². The molecular weight excluding hydrogens is 366 g/mol. The number of hydrogen-bond donors (Lipinski definition) is 2. The summed E-state index contributed by atoms with van der Waals surface area (Å²) >= 11 is 1.30. The number of amides is 2. The number of carbonyl (C=O) groups excluding carboxylic acids is 2. The molecular formula is C19H21N3O4S. The van der Waals surface area contributed by atoms with Gasteiger partial charge in [-0.25, -0.2) is 0 Å². The molecule has 0 aliphatic carbocycles. The maximum atomic E-state index is 12.4. The van der Waals surface area contributed by atoms with E-state index in [2.05, 4.69) is 5.32 Å². The van der Waals surface area contributed by atoms with Crippen LogP contribution in [-0.4, -0.2) is 42.9 Å². The molecule has 0 unspecified atom stereocenters. The summed E-state index contributed by atoms with van der Waals surface area (Å²) in [4.78, 5) is 26.1. The number of thioether (sulfide) groups is 1. The molecule has 0 saturated carbocycles. The summed E-state index contributed by atoms with van der Waals surface area (Å²) < 4.78 is 10.7. The van der Waals surface area contributed by atoms with Crippen LogP contribution in [-0.2, 0) is 16.1 Å². The highest BCUT2D eigenvalue weighted by Crippen LogP contribution is 2.32. The molecule has 0 saturated heterocycles. The molecule has 27 heavy (non-hydrogen) atoms. The number of carbonyl (C=O) groups is 2. The fourth-order valence-electron chi connectivity index (χ4n) is 2.69. The lowest BCUT2D eigenvalue weighted by atomic mass is 10.2. The van der Waals surface area contributed by atoms with Gasteiger partial charge in [0.05, 0.1) is 18.0 Å². The van der Waals surface area contributed by atoms with Crippen molar-refractivity contribution in [2.24, 2.45) is 5.73 Å².